The fourth-order valence-corrected chi connectivity index (χ4v) is 3.76. The Morgan fingerprint density at radius 3 is 2.03 bits per heavy atom. The molecule has 0 aliphatic carbocycles. The quantitative estimate of drug-likeness (QED) is 0.492. The number of hydrogen-bond acceptors (Lipinski definition) is 4. The van der Waals surface area contributed by atoms with Crippen LogP contribution in [0.5, 0.6) is 0 Å². The maximum absolute atomic E-state index is 6.31. The lowest BCUT2D eigenvalue weighted by atomic mass is 9.86. The summed E-state index contributed by atoms with van der Waals surface area (Å²) in [7, 11) is 0. The Bertz CT molecular complexity index is 1240. The van der Waals surface area contributed by atoms with Crippen molar-refractivity contribution in [3.63, 3.8) is 0 Å². The van der Waals surface area contributed by atoms with Gasteiger partial charge in [0.15, 0.2) is 0 Å². The summed E-state index contributed by atoms with van der Waals surface area (Å²) in [4.78, 5) is 9.26. The summed E-state index contributed by atoms with van der Waals surface area (Å²) in [5, 5.41) is 0. The van der Waals surface area contributed by atoms with Gasteiger partial charge in [-0.05, 0) is 53.1 Å². The maximum Gasteiger partial charge on any atom is 0.205 e. The Labute approximate surface area is 171 Å². The molecule has 4 aromatic heterocycles. The zero-order valence-corrected chi connectivity index (χ0v) is 18.3. The van der Waals surface area contributed by atoms with Crippen molar-refractivity contribution in [1.82, 2.24) is 18.8 Å². The van der Waals surface area contributed by atoms with E-state index >= 15 is 0 Å². The third-order valence-electron chi connectivity index (χ3n) is 5.59. The number of anilines is 2. The highest BCUT2D eigenvalue weighted by Crippen LogP contribution is 2.35. The van der Waals surface area contributed by atoms with E-state index in [1.54, 1.807) is 0 Å². The summed E-state index contributed by atoms with van der Waals surface area (Å²) in [5.74, 6) is 0.917. The second-order valence-electron chi connectivity index (χ2n) is 9.89. The van der Waals surface area contributed by atoms with Crippen LogP contribution in [0, 0.1) is 6.92 Å². The third kappa shape index (κ3) is 3.03. The summed E-state index contributed by atoms with van der Waals surface area (Å²) in [6.07, 6.45) is 2.00. The fourth-order valence-electron chi connectivity index (χ4n) is 3.76. The summed E-state index contributed by atoms with van der Waals surface area (Å²) in [5.41, 5.74) is 19.6. The summed E-state index contributed by atoms with van der Waals surface area (Å²) in [6.45, 7) is 15.2. The SMILES string of the molecule is Cc1nc(N)n2c(-c3nc(N)n4ccc(C(C)(C)C)cc34)cc(C(C)(C)C)cc12. The molecular weight excluding hydrogens is 360 g/mol. The Kier molecular flexibility index (Phi) is 3.99. The van der Waals surface area contributed by atoms with Gasteiger partial charge in [0.25, 0.3) is 0 Å². The molecule has 4 rings (SSSR count). The predicted molar refractivity (Wildman–Crippen MR) is 120 cm³/mol. The molecule has 0 aromatic carbocycles. The van der Waals surface area contributed by atoms with Crippen LogP contribution in [0.2, 0.25) is 0 Å². The van der Waals surface area contributed by atoms with Crippen LogP contribution in [0.25, 0.3) is 22.4 Å². The highest BCUT2D eigenvalue weighted by Gasteiger charge is 2.23. The number of aryl methyl sites for hydroxylation is 1. The number of nitrogens with zero attached hydrogens (tertiary/aromatic N) is 4. The van der Waals surface area contributed by atoms with Crippen molar-refractivity contribution in [3.05, 3.63) is 47.3 Å². The lowest BCUT2D eigenvalue weighted by molar-refractivity contribution is 0.590. The molecule has 0 bridgehead atoms. The summed E-state index contributed by atoms with van der Waals surface area (Å²) < 4.78 is 3.91. The lowest BCUT2D eigenvalue weighted by Crippen LogP contribution is -2.13. The number of rotatable bonds is 1. The lowest BCUT2D eigenvalue weighted by Gasteiger charge is -2.21. The van der Waals surface area contributed by atoms with E-state index in [-0.39, 0.29) is 10.8 Å². The van der Waals surface area contributed by atoms with Crippen molar-refractivity contribution in [1.29, 1.82) is 0 Å². The molecule has 4 heterocycles. The average Bonchev–Trinajstić information content (AvgIpc) is 3.09. The zero-order chi connectivity index (χ0) is 21.3. The molecule has 0 atom stereocenters. The number of imidazole rings is 2. The molecule has 4 aromatic rings. The van der Waals surface area contributed by atoms with Crippen molar-refractivity contribution >= 4 is 22.9 Å². The molecule has 29 heavy (non-hydrogen) atoms. The molecule has 0 spiro atoms. The average molecular weight is 391 g/mol. The maximum atomic E-state index is 6.31. The van der Waals surface area contributed by atoms with Gasteiger partial charge in [-0.3, -0.25) is 8.80 Å². The van der Waals surface area contributed by atoms with Gasteiger partial charge in [-0.2, -0.15) is 0 Å². The molecule has 0 amide bonds. The van der Waals surface area contributed by atoms with Gasteiger partial charge in [0, 0.05) is 6.20 Å². The molecule has 0 saturated heterocycles. The number of aromatic nitrogens is 4. The van der Waals surface area contributed by atoms with Crippen molar-refractivity contribution in [2.45, 2.75) is 59.3 Å². The monoisotopic (exact) mass is 390 g/mol. The Balaban J connectivity index is 2.13. The third-order valence-corrected chi connectivity index (χ3v) is 5.59. The van der Waals surface area contributed by atoms with E-state index in [1.165, 1.54) is 11.1 Å². The first-order valence-electron chi connectivity index (χ1n) is 9.95. The van der Waals surface area contributed by atoms with E-state index in [9.17, 15) is 0 Å². The topological polar surface area (TPSA) is 86.6 Å². The Morgan fingerprint density at radius 1 is 0.793 bits per heavy atom. The van der Waals surface area contributed by atoms with Crippen LogP contribution < -0.4 is 11.5 Å². The van der Waals surface area contributed by atoms with E-state index < -0.39 is 0 Å². The number of pyridine rings is 2. The van der Waals surface area contributed by atoms with Crippen LogP contribution in [0.15, 0.2) is 30.5 Å². The molecule has 6 nitrogen and oxygen atoms in total. The molecule has 0 unspecified atom stereocenters. The molecule has 0 saturated carbocycles. The number of nitrogens with two attached hydrogens (primary N) is 2. The van der Waals surface area contributed by atoms with Gasteiger partial charge in [0.1, 0.15) is 5.69 Å². The van der Waals surface area contributed by atoms with E-state index in [0.717, 1.165) is 28.1 Å². The minimum Gasteiger partial charge on any atom is -0.369 e. The minimum absolute atomic E-state index is 0.0191. The highest BCUT2D eigenvalue weighted by atomic mass is 15.2. The summed E-state index contributed by atoms with van der Waals surface area (Å²) >= 11 is 0. The number of fused-ring (bicyclic) bond motifs is 2. The van der Waals surface area contributed by atoms with Crippen LogP contribution in [0.4, 0.5) is 11.9 Å². The van der Waals surface area contributed by atoms with Crippen LogP contribution in [-0.2, 0) is 10.8 Å². The van der Waals surface area contributed by atoms with Gasteiger partial charge in [0.2, 0.25) is 11.9 Å². The second-order valence-corrected chi connectivity index (χ2v) is 9.89. The molecule has 4 N–H and O–H groups in total. The van der Waals surface area contributed by atoms with Crippen molar-refractivity contribution < 1.29 is 0 Å². The van der Waals surface area contributed by atoms with Crippen LogP contribution in [0.1, 0.15) is 58.4 Å². The smallest absolute Gasteiger partial charge is 0.205 e. The molecular formula is C23H30N6. The van der Waals surface area contributed by atoms with Gasteiger partial charge < -0.3 is 11.5 Å². The van der Waals surface area contributed by atoms with Crippen molar-refractivity contribution in [3.8, 4) is 11.4 Å². The van der Waals surface area contributed by atoms with Gasteiger partial charge >= 0.3 is 0 Å². The highest BCUT2D eigenvalue weighted by molar-refractivity contribution is 5.82. The standard InChI is InChI=1S/C23H30N6/c1-13-16-11-15(23(5,6)7)12-18(29(16)21(25)26-13)19-17-10-14(22(2,3)4)8-9-28(17)20(24)27-19/h8-12H,1-7H3,(H2,24,27)(H2,25,26). The van der Waals surface area contributed by atoms with E-state index in [1.807, 2.05) is 21.9 Å². The molecule has 0 radical (unpaired) electrons. The molecule has 0 aliphatic rings. The van der Waals surface area contributed by atoms with Crippen molar-refractivity contribution in [2.24, 2.45) is 0 Å². The van der Waals surface area contributed by atoms with Crippen LogP contribution in [0.3, 0.4) is 0 Å². The second kappa shape index (κ2) is 5.99. The molecule has 0 aliphatic heterocycles. The zero-order valence-electron chi connectivity index (χ0n) is 18.3. The van der Waals surface area contributed by atoms with Gasteiger partial charge in [-0.1, -0.05) is 41.5 Å². The Hall–Kier alpha value is -3.02. The van der Waals surface area contributed by atoms with Crippen molar-refractivity contribution in [2.75, 3.05) is 11.5 Å². The molecule has 6 heteroatoms. The normalized spacial score (nSPS) is 12.9. The number of hydrogen-bond donors (Lipinski definition) is 2. The van der Waals surface area contributed by atoms with Crippen LogP contribution in [-0.4, -0.2) is 18.8 Å². The number of nitrogen functional groups attached to an aromatic ring is 2. The Morgan fingerprint density at radius 2 is 1.41 bits per heavy atom. The first kappa shape index (κ1) is 19.3. The van der Waals surface area contributed by atoms with E-state index in [0.29, 0.717) is 11.9 Å². The first-order chi connectivity index (χ1) is 13.4. The van der Waals surface area contributed by atoms with E-state index in [4.69, 9.17) is 16.5 Å². The van der Waals surface area contributed by atoms with Crippen LogP contribution >= 0.6 is 0 Å². The molecule has 152 valence electrons. The van der Waals surface area contributed by atoms with Gasteiger partial charge in [0.05, 0.1) is 22.4 Å². The minimum atomic E-state index is -0.0281. The van der Waals surface area contributed by atoms with Gasteiger partial charge in [-0.15, -0.1) is 0 Å². The predicted octanol–water partition coefficient (Wildman–Crippen LogP) is 4.72. The largest absolute Gasteiger partial charge is 0.369 e. The molecule has 0 fully saturated rings. The summed E-state index contributed by atoms with van der Waals surface area (Å²) in [6, 6.07) is 8.61. The van der Waals surface area contributed by atoms with E-state index in [2.05, 4.69) is 70.8 Å². The van der Waals surface area contributed by atoms with Gasteiger partial charge in [-0.25, -0.2) is 9.97 Å². The first-order valence-corrected chi connectivity index (χ1v) is 9.95. The fraction of sp³-hybridized carbons (Fsp3) is 0.391.